The summed E-state index contributed by atoms with van der Waals surface area (Å²) in [5, 5.41) is 0. The van der Waals surface area contributed by atoms with Gasteiger partial charge in [-0.2, -0.15) is 8.42 Å². The minimum Gasteiger partial charge on any atom is -0.493 e. The molecule has 0 radical (unpaired) electrons. The van der Waals surface area contributed by atoms with Crippen LogP contribution in [0.3, 0.4) is 0 Å². The third-order valence-corrected chi connectivity index (χ3v) is 5.34. The van der Waals surface area contributed by atoms with E-state index in [0.29, 0.717) is 10.0 Å². The number of carbonyl (C=O) groups is 1. The summed E-state index contributed by atoms with van der Waals surface area (Å²) in [5.41, 5.74) is 1.32. The van der Waals surface area contributed by atoms with Gasteiger partial charge >= 0.3 is 10.1 Å². The Morgan fingerprint density at radius 3 is 2.35 bits per heavy atom. The Bertz CT molecular complexity index is 859. The molecule has 0 spiro atoms. The van der Waals surface area contributed by atoms with Gasteiger partial charge in [0.25, 0.3) is 0 Å². The molecule has 0 aliphatic carbocycles. The Hall–Kier alpha value is -1.86. The van der Waals surface area contributed by atoms with Gasteiger partial charge in [0.1, 0.15) is 4.90 Å². The van der Waals surface area contributed by atoms with Crippen LogP contribution in [0.25, 0.3) is 0 Å². The Morgan fingerprint density at radius 1 is 1.09 bits per heavy atom. The molecule has 2 aromatic rings. The SMILES string of the molecule is COc1cc(C(C)=O)ccc1OS(=O)(=O)c1ccc(C)cc1Br. The molecule has 0 heterocycles. The maximum Gasteiger partial charge on any atom is 0.340 e. The standard InChI is InChI=1S/C16H15BrO5S/c1-10-4-7-16(13(17)8-10)23(19,20)22-14-6-5-12(11(2)18)9-15(14)21-3/h4-9H,1-3H3. The van der Waals surface area contributed by atoms with Crippen molar-refractivity contribution in [1.82, 2.24) is 0 Å². The predicted octanol–water partition coefficient (Wildman–Crippen LogP) is 3.74. The van der Waals surface area contributed by atoms with E-state index in [2.05, 4.69) is 15.9 Å². The molecule has 0 atom stereocenters. The second-order valence-corrected chi connectivity index (χ2v) is 7.26. The van der Waals surface area contributed by atoms with E-state index in [9.17, 15) is 13.2 Å². The van der Waals surface area contributed by atoms with Crippen molar-refractivity contribution in [2.45, 2.75) is 18.7 Å². The lowest BCUT2D eigenvalue weighted by Crippen LogP contribution is -2.11. The van der Waals surface area contributed by atoms with E-state index in [4.69, 9.17) is 8.92 Å². The molecule has 2 aromatic carbocycles. The molecule has 0 aliphatic rings. The first-order valence-electron chi connectivity index (χ1n) is 6.64. The molecule has 7 heteroatoms. The summed E-state index contributed by atoms with van der Waals surface area (Å²) in [7, 11) is -2.66. The number of methoxy groups -OCH3 is 1. The average molecular weight is 399 g/mol. The van der Waals surface area contributed by atoms with Crippen molar-refractivity contribution in [3.63, 3.8) is 0 Å². The van der Waals surface area contributed by atoms with E-state index in [1.807, 2.05) is 6.92 Å². The Labute approximate surface area is 143 Å². The first kappa shape index (κ1) is 17.5. The molecule has 0 amide bonds. The van der Waals surface area contributed by atoms with E-state index in [1.54, 1.807) is 12.1 Å². The highest BCUT2D eigenvalue weighted by Crippen LogP contribution is 2.32. The number of hydrogen-bond acceptors (Lipinski definition) is 5. The molecule has 2 rings (SSSR count). The maximum absolute atomic E-state index is 12.4. The van der Waals surface area contributed by atoms with Crippen LogP contribution >= 0.6 is 15.9 Å². The fourth-order valence-corrected chi connectivity index (χ4v) is 4.01. The molecule has 0 N–H and O–H groups in total. The lowest BCUT2D eigenvalue weighted by atomic mass is 10.1. The van der Waals surface area contributed by atoms with Crippen LogP contribution in [0.4, 0.5) is 0 Å². The summed E-state index contributed by atoms with van der Waals surface area (Å²) in [6.45, 7) is 3.26. The van der Waals surface area contributed by atoms with Crippen LogP contribution in [0.5, 0.6) is 11.5 Å². The van der Waals surface area contributed by atoms with Crippen LogP contribution in [0.15, 0.2) is 45.8 Å². The number of hydrogen-bond donors (Lipinski definition) is 0. The van der Waals surface area contributed by atoms with Gasteiger partial charge in [0.2, 0.25) is 0 Å². The third-order valence-electron chi connectivity index (χ3n) is 3.13. The van der Waals surface area contributed by atoms with E-state index in [0.717, 1.165) is 5.56 Å². The Balaban J connectivity index is 2.43. The lowest BCUT2D eigenvalue weighted by Gasteiger charge is -2.12. The first-order chi connectivity index (χ1) is 10.7. The summed E-state index contributed by atoms with van der Waals surface area (Å²) in [6, 6.07) is 9.15. The normalized spacial score (nSPS) is 11.1. The summed E-state index contributed by atoms with van der Waals surface area (Å²) < 4.78 is 35.6. The molecule has 0 saturated carbocycles. The van der Waals surface area contributed by atoms with Gasteiger partial charge in [0.05, 0.1) is 7.11 Å². The van der Waals surface area contributed by atoms with E-state index in [1.165, 1.54) is 38.3 Å². The molecule has 23 heavy (non-hydrogen) atoms. The number of aryl methyl sites for hydroxylation is 1. The molecule has 5 nitrogen and oxygen atoms in total. The maximum atomic E-state index is 12.4. The molecule has 0 fully saturated rings. The molecule has 122 valence electrons. The van der Waals surface area contributed by atoms with Crippen molar-refractivity contribution in [1.29, 1.82) is 0 Å². The zero-order valence-corrected chi connectivity index (χ0v) is 15.2. The Morgan fingerprint density at radius 2 is 1.78 bits per heavy atom. The summed E-state index contributed by atoms with van der Waals surface area (Å²) in [4.78, 5) is 11.4. The largest absolute Gasteiger partial charge is 0.493 e. The van der Waals surface area contributed by atoms with Gasteiger partial charge in [0.15, 0.2) is 17.3 Å². The fourth-order valence-electron chi connectivity index (χ4n) is 1.93. The van der Waals surface area contributed by atoms with Crippen molar-refractivity contribution in [2.24, 2.45) is 0 Å². The van der Waals surface area contributed by atoms with E-state index < -0.39 is 10.1 Å². The summed E-state index contributed by atoms with van der Waals surface area (Å²) >= 11 is 3.23. The number of ketones is 1. The lowest BCUT2D eigenvalue weighted by molar-refractivity contribution is 0.101. The minimum absolute atomic E-state index is 0.0146. The highest BCUT2D eigenvalue weighted by atomic mass is 79.9. The zero-order valence-electron chi connectivity index (χ0n) is 12.8. The third kappa shape index (κ3) is 3.92. The molecule has 0 aromatic heterocycles. The summed E-state index contributed by atoms with van der Waals surface area (Å²) in [5.74, 6) is 0.0356. The number of Topliss-reactive ketones (excluding diaryl/α,β-unsaturated/α-hetero) is 1. The summed E-state index contributed by atoms with van der Waals surface area (Å²) in [6.07, 6.45) is 0. The van der Waals surface area contributed by atoms with E-state index >= 15 is 0 Å². The van der Waals surface area contributed by atoms with Crippen molar-refractivity contribution in [3.05, 3.63) is 52.0 Å². The molecular formula is C16H15BrO5S. The minimum atomic E-state index is -4.04. The van der Waals surface area contributed by atoms with E-state index in [-0.39, 0.29) is 22.2 Å². The van der Waals surface area contributed by atoms with Gasteiger partial charge in [0, 0.05) is 10.0 Å². The molecule has 0 unspecified atom stereocenters. The first-order valence-corrected chi connectivity index (χ1v) is 8.84. The highest BCUT2D eigenvalue weighted by Gasteiger charge is 2.22. The van der Waals surface area contributed by atoms with Gasteiger partial charge in [-0.1, -0.05) is 6.07 Å². The average Bonchev–Trinajstić information content (AvgIpc) is 2.46. The van der Waals surface area contributed by atoms with Gasteiger partial charge in [-0.25, -0.2) is 0 Å². The highest BCUT2D eigenvalue weighted by molar-refractivity contribution is 9.10. The molecule has 0 saturated heterocycles. The van der Waals surface area contributed by atoms with Crippen LogP contribution in [-0.4, -0.2) is 21.3 Å². The van der Waals surface area contributed by atoms with Gasteiger partial charge < -0.3 is 8.92 Å². The quantitative estimate of drug-likeness (QED) is 0.566. The van der Waals surface area contributed by atoms with Crippen molar-refractivity contribution in [2.75, 3.05) is 7.11 Å². The smallest absolute Gasteiger partial charge is 0.340 e. The predicted molar refractivity (Wildman–Crippen MR) is 89.7 cm³/mol. The van der Waals surface area contributed by atoms with Gasteiger partial charge in [-0.3, -0.25) is 4.79 Å². The van der Waals surface area contributed by atoms with Gasteiger partial charge in [-0.05, 0) is 65.7 Å². The number of carbonyl (C=O) groups excluding carboxylic acids is 1. The van der Waals surface area contributed by atoms with Crippen molar-refractivity contribution >= 4 is 31.8 Å². The molecule has 0 aliphatic heterocycles. The van der Waals surface area contributed by atoms with Crippen LogP contribution in [0.1, 0.15) is 22.8 Å². The van der Waals surface area contributed by atoms with Gasteiger partial charge in [-0.15, -0.1) is 0 Å². The van der Waals surface area contributed by atoms with Crippen molar-refractivity contribution < 1.29 is 22.1 Å². The number of rotatable bonds is 5. The number of halogens is 1. The topological polar surface area (TPSA) is 69.7 Å². The van der Waals surface area contributed by atoms with Crippen LogP contribution in [-0.2, 0) is 10.1 Å². The number of benzene rings is 2. The van der Waals surface area contributed by atoms with Crippen LogP contribution < -0.4 is 8.92 Å². The van der Waals surface area contributed by atoms with Crippen LogP contribution in [0.2, 0.25) is 0 Å². The molecule has 0 bridgehead atoms. The Kier molecular flexibility index (Phi) is 5.11. The van der Waals surface area contributed by atoms with Crippen molar-refractivity contribution in [3.8, 4) is 11.5 Å². The monoisotopic (exact) mass is 398 g/mol. The second-order valence-electron chi connectivity index (χ2n) is 4.89. The fraction of sp³-hybridized carbons (Fsp3) is 0.188. The number of ether oxygens (including phenoxy) is 1. The zero-order chi connectivity index (χ0) is 17.2. The molecular weight excluding hydrogens is 384 g/mol. The second kappa shape index (κ2) is 6.72. The van der Waals surface area contributed by atoms with Crippen LogP contribution in [0, 0.1) is 6.92 Å².